The van der Waals surface area contributed by atoms with Gasteiger partial charge in [0.1, 0.15) is 0 Å². The van der Waals surface area contributed by atoms with Crippen molar-refractivity contribution in [3.8, 4) is 0 Å². The standard InChI is InChI=1S/C13H15N3OS/c1-9(10-6-7-18-8-10)15-11-2-4-12(5-3-11)16-13(14)17/h2-9,15H,1H3,(H3,14,16,17). The van der Waals surface area contributed by atoms with E-state index in [9.17, 15) is 4.79 Å². The van der Waals surface area contributed by atoms with Crippen LogP contribution in [0.4, 0.5) is 16.2 Å². The first-order valence-electron chi connectivity index (χ1n) is 5.60. The first kappa shape index (κ1) is 12.4. The molecule has 0 aliphatic heterocycles. The quantitative estimate of drug-likeness (QED) is 0.789. The van der Waals surface area contributed by atoms with Crippen molar-refractivity contribution in [2.24, 2.45) is 5.73 Å². The Hall–Kier alpha value is -2.01. The highest BCUT2D eigenvalue weighted by molar-refractivity contribution is 7.07. The molecule has 94 valence electrons. The molecule has 4 N–H and O–H groups in total. The van der Waals surface area contributed by atoms with Crippen LogP contribution in [0.2, 0.25) is 0 Å². The molecular formula is C13H15N3OS. The number of anilines is 2. The second-order valence-electron chi connectivity index (χ2n) is 3.99. The van der Waals surface area contributed by atoms with Crippen LogP contribution in [0.15, 0.2) is 41.1 Å². The van der Waals surface area contributed by atoms with Gasteiger partial charge in [0.05, 0.1) is 0 Å². The molecule has 0 bridgehead atoms. The normalized spacial score (nSPS) is 11.8. The molecule has 4 nitrogen and oxygen atoms in total. The zero-order valence-electron chi connectivity index (χ0n) is 10.0. The Morgan fingerprint density at radius 2 is 1.89 bits per heavy atom. The maximum atomic E-state index is 10.7. The van der Waals surface area contributed by atoms with Crippen molar-refractivity contribution < 1.29 is 4.79 Å². The molecule has 2 rings (SSSR count). The van der Waals surface area contributed by atoms with E-state index >= 15 is 0 Å². The summed E-state index contributed by atoms with van der Waals surface area (Å²) in [4.78, 5) is 10.7. The molecule has 2 aromatic rings. The van der Waals surface area contributed by atoms with Gasteiger partial charge in [-0.05, 0) is 53.6 Å². The van der Waals surface area contributed by atoms with Gasteiger partial charge in [0.15, 0.2) is 0 Å². The minimum Gasteiger partial charge on any atom is -0.378 e. The maximum Gasteiger partial charge on any atom is 0.316 e. The van der Waals surface area contributed by atoms with Crippen LogP contribution in [0.5, 0.6) is 0 Å². The Bertz CT molecular complexity index is 508. The number of benzene rings is 1. The predicted molar refractivity (Wildman–Crippen MR) is 76.0 cm³/mol. The van der Waals surface area contributed by atoms with Gasteiger partial charge >= 0.3 is 6.03 Å². The molecule has 1 unspecified atom stereocenters. The van der Waals surface area contributed by atoms with Crippen LogP contribution >= 0.6 is 11.3 Å². The third kappa shape index (κ3) is 3.24. The Labute approximate surface area is 110 Å². The number of urea groups is 1. The lowest BCUT2D eigenvalue weighted by molar-refractivity contribution is 0.259. The molecule has 0 fully saturated rings. The molecule has 1 aromatic heterocycles. The Balaban J connectivity index is 2.00. The second kappa shape index (κ2) is 5.55. The number of rotatable bonds is 4. The highest BCUT2D eigenvalue weighted by Crippen LogP contribution is 2.22. The van der Waals surface area contributed by atoms with E-state index in [-0.39, 0.29) is 6.04 Å². The molecule has 0 saturated heterocycles. The molecule has 0 aliphatic rings. The summed E-state index contributed by atoms with van der Waals surface area (Å²) in [5.41, 5.74) is 8.00. The van der Waals surface area contributed by atoms with E-state index in [0.717, 1.165) is 5.69 Å². The first-order chi connectivity index (χ1) is 8.65. The summed E-state index contributed by atoms with van der Waals surface area (Å²) < 4.78 is 0. The molecule has 0 spiro atoms. The van der Waals surface area contributed by atoms with Crippen molar-refractivity contribution in [1.82, 2.24) is 0 Å². The van der Waals surface area contributed by atoms with E-state index in [1.807, 2.05) is 24.3 Å². The average molecular weight is 261 g/mol. The average Bonchev–Trinajstić information content (AvgIpc) is 2.84. The number of carbonyl (C=O) groups excluding carboxylic acids is 1. The number of amides is 2. The molecule has 1 heterocycles. The van der Waals surface area contributed by atoms with Crippen LogP contribution in [-0.4, -0.2) is 6.03 Å². The second-order valence-corrected chi connectivity index (χ2v) is 4.77. The number of thiophene rings is 1. The largest absolute Gasteiger partial charge is 0.378 e. The van der Waals surface area contributed by atoms with Gasteiger partial charge in [0.2, 0.25) is 0 Å². The van der Waals surface area contributed by atoms with Crippen LogP contribution in [0, 0.1) is 0 Å². The predicted octanol–water partition coefficient (Wildman–Crippen LogP) is 3.41. The van der Waals surface area contributed by atoms with Crippen LogP contribution in [0.3, 0.4) is 0 Å². The molecule has 1 aromatic carbocycles. The lowest BCUT2D eigenvalue weighted by atomic mass is 10.1. The van der Waals surface area contributed by atoms with Crippen LogP contribution in [0.25, 0.3) is 0 Å². The fraction of sp³-hybridized carbons (Fsp3) is 0.154. The van der Waals surface area contributed by atoms with Crippen molar-refractivity contribution in [3.63, 3.8) is 0 Å². The van der Waals surface area contributed by atoms with E-state index in [4.69, 9.17) is 5.73 Å². The number of carbonyl (C=O) groups is 1. The zero-order valence-corrected chi connectivity index (χ0v) is 10.8. The van der Waals surface area contributed by atoms with Crippen molar-refractivity contribution in [2.75, 3.05) is 10.6 Å². The summed E-state index contributed by atoms with van der Waals surface area (Å²) in [6.45, 7) is 2.11. The summed E-state index contributed by atoms with van der Waals surface area (Å²) in [6, 6.07) is 9.25. The van der Waals surface area contributed by atoms with Gasteiger partial charge in [-0.25, -0.2) is 4.79 Å². The van der Waals surface area contributed by atoms with Gasteiger partial charge in [-0.1, -0.05) is 0 Å². The Morgan fingerprint density at radius 3 is 2.44 bits per heavy atom. The Morgan fingerprint density at radius 1 is 1.22 bits per heavy atom. The van der Waals surface area contributed by atoms with Crippen LogP contribution in [0.1, 0.15) is 18.5 Å². The zero-order chi connectivity index (χ0) is 13.0. The lowest BCUT2D eigenvalue weighted by Gasteiger charge is -2.14. The van der Waals surface area contributed by atoms with Gasteiger partial charge in [-0.15, -0.1) is 0 Å². The highest BCUT2D eigenvalue weighted by Gasteiger charge is 2.05. The SMILES string of the molecule is CC(Nc1ccc(NC(N)=O)cc1)c1ccsc1. The van der Waals surface area contributed by atoms with Gasteiger partial charge in [-0.3, -0.25) is 0 Å². The van der Waals surface area contributed by atoms with E-state index in [1.54, 1.807) is 11.3 Å². The van der Waals surface area contributed by atoms with Crippen molar-refractivity contribution >= 4 is 28.7 Å². The summed E-state index contributed by atoms with van der Waals surface area (Å²) in [5.74, 6) is 0. The minimum atomic E-state index is -0.553. The maximum absolute atomic E-state index is 10.7. The molecule has 5 heteroatoms. The van der Waals surface area contributed by atoms with E-state index in [1.165, 1.54) is 5.56 Å². The van der Waals surface area contributed by atoms with Gasteiger partial charge < -0.3 is 16.4 Å². The topological polar surface area (TPSA) is 67.2 Å². The lowest BCUT2D eigenvalue weighted by Crippen LogP contribution is -2.19. The number of nitrogens with one attached hydrogen (secondary N) is 2. The number of nitrogens with two attached hydrogens (primary N) is 1. The number of primary amides is 1. The van der Waals surface area contributed by atoms with E-state index in [0.29, 0.717) is 5.69 Å². The van der Waals surface area contributed by atoms with Gasteiger partial charge in [0.25, 0.3) is 0 Å². The van der Waals surface area contributed by atoms with Crippen molar-refractivity contribution in [2.45, 2.75) is 13.0 Å². The summed E-state index contributed by atoms with van der Waals surface area (Å²) >= 11 is 1.69. The minimum absolute atomic E-state index is 0.256. The molecule has 1 atom stereocenters. The molecule has 2 amide bonds. The summed E-state index contributed by atoms with van der Waals surface area (Å²) in [7, 11) is 0. The molecule has 0 radical (unpaired) electrons. The molecule has 18 heavy (non-hydrogen) atoms. The van der Waals surface area contributed by atoms with Crippen LogP contribution in [-0.2, 0) is 0 Å². The Kier molecular flexibility index (Phi) is 3.84. The van der Waals surface area contributed by atoms with Gasteiger partial charge in [-0.2, -0.15) is 11.3 Å². The van der Waals surface area contributed by atoms with Crippen molar-refractivity contribution in [1.29, 1.82) is 0 Å². The summed E-state index contributed by atoms with van der Waals surface area (Å²) in [5, 5.41) is 10.1. The van der Waals surface area contributed by atoms with Crippen LogP contribution < -0.4 is 16.4 Å². The fourth-order valence-corrected chi connectivity index (χ4v) is 2.40. The molecular weight excluding hydrogens is 246 g/mol. The molecule has 0 saturated carbocycles. The van der Waals surface area contributed by atoms with Crippen molar-refractivity contribution in [3.05, 3.63) is 46.7 Å². The third-order valence-corrected chi connectivity index (χ3v) is 3.28. The molecule has 0 aliphatic carbocycles. The number of hydrogen-bond acceptors (Lipinski definition) is 3. The van der Waals surface area contributed by atoms with E-state index < -0.39 is 6.03 Å². The first-order valence-corrected chi connectivity index (χ1v) is 6.54. The smallest absolute Gasteiger partial charge is 0.316 e. The van der Waals surface area contributed by atoms with E-state index in [2.05, 4.69) is 34.4 Å². The third-order valence-electron chi connectivity index (χ3n) is 2.58. The highest BCUT2D eigenvalue weighted by atomic mass is 32.1. The van der Waals surface area contributed by atoms with Gasteiger partial charge in [0, 0.05) is 17.4 Å². The monoisotopic (exact) mass is 261 g/mol. The fourth-order valence-electron chi connectivity index (χ4n) is 1.65. The summed E-state index contributed by atoms with van der Waals surface area (Å²) in [6.07, 6.45) is 0. The number of hydrogen-bond donors (Lipinski definition) is 3.